The van der Waals surface area contributed by atoms with Gasteiger partial charge in [0.15, 0.2) is 5.43 Å². The molecule has 1 aliphatic heterocycles. The zero-order chi connectivity index (χ0) is 20.9. The number of methoxy groups -OCH3 is 1. The third-order valence-corrected chi connectivity index (χ3v) is 6.27. The molecule has 1 saturated carbocycles. The van der Waals surface area contributed by atoms with E-state index in [0.29, 0.717) is 22.9 Å². The predicted octanol–water partition coefficient (Wildman–Crippen LogP) is 4.18. The van der Waals surface area contributed by atoms with Crippen LogP contribution in [0.2, 0.25) is 5.02 Å². The van der Waals surface area contributed by atoms with E-state index < -0.39 is 11.4 Å². The van der Waals surface area contributed by atoms with Crippen LogP contribution in [0.1, 0.15) is 48.7 Å². The Bertz CT molecular complexity index is 1020. The standard InChI is InChI=1S/C22H24ClNO5/c1-11(2)18-4-12-5-21(29-14-6-13(7-14)28-3)17(23)8-15(12)19-9-20(25)16(22(26)27)10-24(18)19/h5,8-11,13-14,18H,4,6-7H2,1-3H3,(H,26,27)/t13-,14-,18?. The van der Waals surface area contributed by atoms with Crippen molar-refractivity contribution in [3.63, 3.8) is 0 Å². The minimum atomic E-state index is -1.21. The normalized spacial score (nSPS) is 22.6. The van der Waals surface area contributed by atoms with Crippen LogP contribution in [-0.4, -0.2) is 35.0 Å². The van der Waals surface area contributed by atoms with E-state index >= 15 is 0 Å². The molecule has 0 radical (unpaired) electrons. The SMILES string of the molecule is CO[C@H]1C[C@H](Oc2cc3c(cc2Cl)-c2cc(=O)c(C(=O)O)cn2C(C(C)C)C3)C1. The van der Waals surface area contributed by atoms with E-state index in [1.807, 2.05) is 16.7 Å². The Morgan fingerprint density at radius 1 is 1.24 bits per heavy atom. The molecule has 0 saturated heterocycles. The maximum Gasteiger partial charge on any atom is 0.341 e. The van der Waals surface area contributed by atoms with Crippen molar-refractivity contribution in [1.82, 2.24) is 4.57 Å². The van der Waals surface area contributed by atoms with E-state index in [2.05, 4.69) is 13.8 Å². The van der Waals surface area contributed by atoms with Crippen LogP contribution in [0.15, 0.2) is 29.2 Å². The lowest BCUT2D eigenvalue weighted by molar-refractivity contribution is -0.0380. The molecule has 4 rings (SSSR count). The summed E-state index contributed by atoms with van der Waals surface area (Å²) in [5.41, 5.74) is 1.86. The summed E-state index contributed by atoms with van der Waals surface area (Å²) >= 11 is 6.51. The Morgan fingerprint density at radius 2 is 1.97 bits per heavy atom. The second kappa shape index (κ2) is 7.50. The smallest absolute Gasteiger partial charge is 0.341 e. The van der Waals surface area contributed by atoms with Gasteiger partial charge in [-0.3, -0.25) is 4.79 Å². The van der Waals surface area contributed by atoms with E-state index in [4.69, 9.17) is 21.1 Å². The topological polar surface area (TPSA) is 77.8 Å². The number of carboxylic acid groups (broad SMARTS) is 1. The molecule has 154 valence electrons. The van der Waals surface area contributed by atoms with Crippen molar-refractivity contribution in [1.29, 1.82) is 0 Å². The van der Waals surface area contributed by atoms with Gasteiger partial charge >= 0.3 is 5.97 Å². The molecule has 1 N–H and O–H groups in total. The first kappa shape index (κ1) is 20.0. The second-order valence-electron chi connectivity index (χ2n) is 8.17. The maximum atomic E-state index is 12.4. The number of nitrogens with zero attached hydrogens (tertiary/aromatic N) is 1. The van der Waals surface area contributed by atoms with Crippen molar-refractivity contribution >= 4 is 17.6 Å². The number of benzene rings is 1. The van der Waals surface area contributed by atoms with E-state index in [1.54, 1.807) is 7.11 Å². The van der Waals surface area contributed by atoms with Crippen LogP contribution in [0.4, 0.5) is 0 Å². The number of carbonyl (C=O) groups is 1. The van der Waals surface area contributed by atoms with E-state index in [0.717, 1.165) is 24.0 Å². The number of ether oxygens (including phenoxy) is 2. The van der Waals surface area contributed by atoms with Gasteiger partial charge in [0.25, 0.3) is 0 Å². The molecule has 1 unspecified atom stereocenters. The van der Waals surface area contributed by atoms with E-state index in [9.17, 15) is 14.7 Å². The fourth-order valence-corrected chi connectivity index (χ4v) is 4.37. The third-order valence-electron chi connectivity index (χ3n) is 5.98. The number of halogens is 1. The molecule has 0 spiro atoms. The van der Waals surface area contributed by atoms with Gasteiger partial charge in [-0.15, -0.1) is 0 Å². The molecule has 2 aliphatic rings. The summed E-state index contributed by atoms with van der Waals surface area (Å²) in [6, 6.07) is 5.22. The fraction of sp³-hybridized carbons (Fsp3) is 0.455. The zero-order valence-electron chi connectivity index (χ0n) is 16.6. The summed E-state index contributed by atoms with van der Waals surface area (Å²) in [5.74, 6) is -0.319. The predicted molar refractivity (Wildman–Crippen MR) is 110 cm³/mol. The monoisotopic (exact) mass is 417 g/mol. The first-order valence-electron chi connectivity index (χ1n) is 9.80. The lowest BCUT2D eigenvalue weighted by atomic mass is 9.87. The largest absolute Gasteiger partial charge is 0.489 e. The molecule has 0 bridgehead atoms. The first-order chi connectivity index (χ1) is 13.8. The quantitative estimate of drug-likeness (QED) is 0.789. The molecule has 1 fully saturated rings. The highest BCUT2D eigenvalue weighted by Gasteiger charge is 2.33. The van der Waals surface area contributed by atoms with Gasteiger partial charge < -0.3 is 19.1 Å². The number of aromatic nitrogens is 1. The highest BCUT2D eigenvalue weighted by molar-refractivity contribution is 6.32. The van der Waals surface area contributed by atoms with Gasteiger partial charge in [0.05, 0.1) is 16.8 Å². The zero-order valence-corrected chi connectivity index (χ0v) is 17.4. The molecule has 1 atom stereocenters. The van der Waals surface area contributed by atoms with Crippen molar-refractivity contribution in [2.45, 2.75) is 51.4 Å². The van der Waals surface area contributed by atoms with Crippen LogP contribution in [-0.2, 0) is 11.2 Å². The second-order valence-corrected chi connectivity index (χ2v) is 8.58. The van der Waals surface area contributed by atoms with Gasteiger partial charge in [0.1, 0.15) is 17.4 Å². The number of fused-ring (bicyclic) bond motifs is 3. The van der Waals surface area contributed by atoms with Crippen LogP contribution in [0.3, 0.4) is 0 Å². The summed E-state index contributed by atoms with van der Waals surface area (Å²) in [4.78, 5) is 23.8. The fourth-order valence-electron chi connectivity index (χ4n) is 4.16. The minimum Gasteiger partial charge on any atom is -0.489 e. The van der Waals surface area contributed by atoms with Crippen LogP contribution < -0.4 is 10.2 Å². The Kier molecular flexibility index (Phi) is 5.17. The molecule has 6 nitrogen and oxygen atoms in total. The summed E-state index contributed by atoms with van der Waals surface area (Å²) < 4.78 is 13.3. The summed E-state index contributed by atoms with van der Waals surface area (Å²) in [6.45, 7) is 4.18. The molecular formula is C22H24ClNO5. The molecule has 29 heavy (non-hydrogen) atoms. The van der Waals surface area contributed by atoms with Crippen molar-refractivity contribution in [3.8, 4) is 17.0 Å². The highest BCUT2D eigenvalue weighted by atomic mass is 35.5. The maximum absolute atomic E-state index is 12.4. The number of aromatic carboxylic acids is 1. The molecule has 1 aromatic carbocycles. The number of pyridine rings is 1. The van der Waals surface area contributed by atoms with Gasteiger partial charge in [0.2, 0.25) is 0 Å². The summed E-state index contributed by atoms with van der Waals surface area (Å²) in [7, 11) is 1.70. The summed E-state index contributed by atoms with van der Waals surface area (Å²) in [6.07, 6.45) is 4.19. The van der Waals surface area contributed by atoms with Gasteiger partial charge in [0, 0.05) is 43.8 Å². The van der Waals surface area contributed by atoms with Crippen molar-refractivity contribution < 1.29 is 19.4 Å². The molecule has 0 amide bonds. The van der Waals surface area contributed by atoms with Gasteiger partial charge in [-0.1, -0.05) is 25.4 Å². The van der Waals surface area contributed by atoms with Crippen LogP contribution in [0, 0.1) is 5.92 Å². The Hall–Kier alpha value is -2.31. The average molecular weight is 418 g/mol. The molecular weight excluding hydrogens is 394 g/mol. The summed E-state index contributed by atoms with van der Waals surface area (Å²) in [5, 5.41) is 9.84. The van der Waals surface area contributed by atoms with Gasteiger partial charge in [-0.2, -0.15) is 0 Å². The van der Waals surface area contributed by atoms with Crippen LogP contribution >= 0.6 is 11.6 Å². The number of rotatable bonds is 5. The minimum absolute atomic E-state index is 0.0341. The molecule has 1 aromatic heterocycles. The Balaban J connectivity index is 1.76. The molecule has 1 aliphatic carbocycles. The molecule has 2 aromatic rings. The van der Waals surface area contributed by atoms with Gasteiger partial charge in [-0.25, -0.2) is 4.79 Å². The van der Waals surface area contributed by atoms with Crippen LogP contribution in [0.5, 0.6) is 5.75 Å². The first-order valence-corrected chi connectivity index (χ1v) is 10.2. The Morgan fingerprint density at radius 3 is 2.59 bits per heavy atom. The number of hydrogen-bond donors (Lipinski definition) is 1. The number of hydrogen-bond acceptors (Lipinski definition) is 4. The average Bonchev–Trinajstić information content (AvgIpc) is 2.63. The lowest BCUT2D eigenvalue weighted by Gasteiger charge is -2.36. The lowest BCUT2D eigenvalue weighted by Crippen LogP contribution is -2.38. The van der Waals surface area contributed by atoms with Crippen LogP contribution in [0.25, 0.3) is 11.3 Å². The van der Waals surface area contributed by atoms with Gasteiger partial charge in [-0.05, 0) is 30.0 Å². The molecule has 2 heterocycles. The number of carboxylic acids is 1. The van der Waals surface area contributed by atoms with E-state index in [1.165, 1.54) is 12.3 Å². The molecule has 7 heteroatoms. The Labute approximate surface area is 174 Å². The van der Waals surface area contributed by atoms with Crippen molar-refractivity contribution in [2.24, 2.45) is 5.92 Å². The van der Waals surface area contributed by atoms with Crippen molar-refractivity contribution in [3.05, 3.63) is 50.8 Å². The highest BCUT2D eigenvalue weighted by Crippen LogP contribution is 2.42. The third kappa shape index (κ3) is 3.55. The van der Waals surface area contributed by atoms with Crippen molar-refractivity contribution in [2.75, 3.05) is 7.11 Å². The van der Waals surface area contributed by atoms with E-state index in [-0.39, 0.29) is 29.7 Å².